The average molecular weight is 322 g/mol. The van der Waals surface area contributed by atoms with E-state index in [4.69, 9.17) is 16.3 Å². The van der Waals surface area contributed by atoms with Gasteiger partial charge in [-0.2, -0.15) is 0 Å². The fourth-order valence-corrected chi connectivity index (χ4v) is 1.84. The van der Waals surface area contributed by atoms with E-state index in [0.717, 1.165) is 11.4 Å². The van der Waals surface area contributed by atoms with E-state index < -0.39 is 0 Å². The van der Waals surface area contributed by atoms with Gasteiger partial charge < -0.3 is 14.8 Å². The van der Waals surface area contributed by atoms with Gasteiger partial charge >= 0.3 is 5.97 Å². The van der Waals surface area contributed by atoms with Crippen molar-refractivity contribution in [3.05, 3.63) is 41.8 Å². The molecule has 0 saturated carbocycles. The molecule has 0 radical (unpaired) electrons. The lowest BCUT2D eigenvalue weighted by atomic mass is 10.3. The van der Waals surface area contributed by atoms with Crippen LogP contribution in [0.15, 0.2) is 36.8 Å². The minimum atomic E-state index is -0.232. The van der Waals surface area contributed by atoms with E-state index in [1.54, 1.807) is 0 Å². The van der Waals surface area contributed by atoms with Crippen LogP contribution in [0.1, 0.15) is 12.8 Å². The Morgan fingerprint density at radius 1 is 1.32 bits per heavy atom. The number of rotatable bonds is 7. The van der Waals surface area contributed by atoms with Gasteiger partial charge in [-0.15, -0.1) is 0 Å². The zero-order valence-corrected chi connectivity index (χ0v) is 12.8. The molecule has 116 valence electrons. The van der Waals surface area contributed by atoms with Crippen molar-refractivity contribution in [2.24, 2.45) is 0 Å². The first-order valence-electron chi connectivity index (χ1n) is 6.71. The van der Waals surface area contributed by atoms with E-state index in [0.29, 0.717) is 30.3 Å². The second-order valence-electron chi connectivity index (χ2n) is 4.40. The second kappa shape index (κ2) is 8.19. The lowest BCUT2D eigenvalue weighted by molar-refractivity contribution is -0.140. The number of esters is 1. The molecule has 0 aliphatic carbocycles. The zero-order valence-electron chi connectivity index (χ0n) is 12.1. The molecule has 0 aliphatic heterocycles. The van der Waals surface area contributed by atoms with Gasteiger partial charge in [0.05, 0.1) is 19.9 Å². The molecule has 1 heterocycles. The summed E-state index contributed by atoms with van der Waals surface area (Å²) in [6.45, 7) is 0.458. The van der Waals surface area contributed by atoms with Crippen molar-refractivity contribution in [2.75, 3.05) is 19.0 Å². The molecule has 22 heavy (non-hydrogen) atoms. The summed E-state index contributed by atoms with van der Waals surface area (Å²) in [5.41, 5.74) is 0.836. The highest BCUT2D eigenvalue weighted by Crippen LogP contribution is 2.23. The number of nitrogens with one attached hydrogen (secondary N) is 1. The molecular weight excluding hydrogens is 306 g/mol. The van der Waals surface area contributed by atoms with Gasteiger partial charge in [-0.3, -0.25) is 4.79 Å². The maximum absolute atomic E-state index is 11.0. The molecule has 0 atom stereocenters. The predicted octanol–water partition coefficient (Wildman–Crippen LogP) is 3.21. The third-order valence-electron chi connectivity index (χ3n) is 2.81. The number of halogens is 1. The van der Waals surface area contributed by atoms with Crippen LogP contribution in [-0.4, -0.2) is 29.7 Å². The summed E-state index contributed by atoms with van der Waals surface area (Å²) in [6, 6.07) is 7.37. The predicted molar refractivity (Wildman–Crippen MR) is 83.5 cm³/mol. The Hall–Kier alpha value is -2.34. The van der Waals surface area contributed by atoms with Crippen molar-refractivity contribution in [2.45, 2.75) is 12.8 Å². The first-order valence-corrected chi connectivity index (χ1v) is 7.09. The molecule has 0 aliphatic rings. The Balaban J connectivity index is 1.83. The number of hydrogen-bond acceptors (Lipinski definition) is 6. The van der Waals surface area contributed by atoms with Crippen LogP contribution in [0.3, 0.4) is 0 Å². The van der Waals surface area contributed by atoms with E-state index in [1.165, 1.54) is 19.6 Å². The first-order chi connectivity index (χ1) is 10.7. The SMILES string of the molecule is COC(=O)CCCOc1ccc(Nc2ncncc2Cl)cc1. The maximum atomic E-state index is 11.0. The summed E-state index contributed by atoms with van der Waals surface area (Å²) in [6.07, 6.45) is 3.91. The normalized spacial score (nSPS) is 10.1. The molecule has 0 fully saturated rings. The largest absolute Gasteiger partial charge is 0.494 e. The molecule has 2 aromatic rings. The van der Waals surface area contributed by atoms with Gasteiger partial charge in [0.25, 0.3) is 0 Å². The summed E-state index contributed by atoms with van der Waals surface area (Å²) in [5, 5.41) is 3.54. The third-order valence-corrected chi connectivity index (χ3v) is 3.08. The number of ether oxygens (including phenoxy) is 2. The van der Waals surface area contributed by atoms with Crippen molar-refractivity contribution in [3.8, 4) is 5.75 Å². The Bertz CT molecular complexity index is 620. The van der Waals surface area contributed by atoms with Crippen molar-refractivity contribution in [1.82, 2.24) is 9.97 Å². The monoisotopic (exact) mass is 321 g/mol. The number of anilines is 2. The van der Waals surface area contributed by atoms with E-state index in [-0.39, 0.29) is 5.97 Å². The van der Waals surface area contributed by atoms with Gasteiger partial charge in [-0.25, -0.2) is 9.97 Å². The molecule has 0 amide bonds. The lowest BCUT2D eigenvalue weighted by Crippen LogP contribution is -2.04. The maximum Gasteiger partial charge on any atom is 0.305 e. The molecule has 1 N–H and O–H groups in total. The third kappa shape index (κ3) is 4.89. The number of aromatic nitrogens is 2. The number of carbonyl (C=O) groups is 1. The van der Waals surface area contributed by atoms with Crippen LogP contribution < -0.4 is 10.1 Å². The number of benzene rings is 1. The van der Waals surface area contributed by atoms with Gasteiger partial charge in [0, 0.05) is 12.1 Å². The smallest absolute Gasteiger partial charge is 0.305 e. The minimum Gasteiger partial charge on any atom is -0.494 e. The van der Waals surface area contributed by atoms with Crippen LogP contribution >= 0.6 is 11.6 Å². The van der Waals surface area contributed by atoms with Gasteiger partial charge in [-0.05, 0) is 30.7 Å². The summed E-state index contributed by atoms with van der Waals surface area (Å²) < 4.78 is 10.1. The number of nitrogens with zero attached hydrogens (tertiary/aromatic N) is 2. The van der Waals surface area contributed by atoms with Crippen LogP contribution in [0.2, 0.25) is 5.02 Å². The number of carbonyl (C=O) groups excluding carboxylic acids is 1. The molecule has 1 aromatic heterocycles. The molecule has 0 saturated heterocycles. The quantitative estimate of drug-likeness (QED) is 0.623. The molecule has 7 heteroatoms. The van der Waals surface area contributed by atoms with Crippen molar-refractivity contribution in [1.29, 1.82) is 0 Å². The Kier molecular flexibility index (Phi) is 5.97. The number of hydrogen-bond donors (Lipinski definition) is 1. The van der Waals surface area contributed by atoms with Crippen LogP contribution in [-0.2, 0) is 9.53 Å². The van der Waals surface area contributed by atoms with Gasteiger partial charge in [0.1, 0.15) is 17.1 Å². The Labute approximate surface area is 133 Å². The second-order valence-corrected chi connectivity index (χ2v) is 4.80. The average Bonchev–Trinajstić information content (AvgIpc) is 2.55. The van der Waals surface area contributed by atoms with Crippen molar-refractivity contribution < 1.29 is 14.3 Å². The highest BCUT2D eigenvalue weighted by Gasteiger charge is 2.03. The Morgan fingerprint density at radius 2 is 2.09 bits per heavy atom. The van der Waals surface area contributed by atoms with Crippen LogP contribution in [0.25, 0.3) is 0 Å². The van der Waals surface area contributed by atoms with E-state index in [1.807, 2.05) is 24.3 Å². The summed E-state index contributed by atoms with van der Waals surface area (Å²) in [4.78, 5) is 18.8. The Morgan fingerprint density at radius 3 is 2.77 bits per heavy atom. The number of methoxy groups -OCH3 is 1. The summed E-state index contributed by atoms with van der Waals surface area (Å²) in [7, 11) is 1.37. The topological polar surface area (TPSA) is 73.3 Å². The zero-order chi connectivity index (χ0) is 15.8. The van der Waals surface area contributed by atoms with Crippen molar-refractivity contribution in [3.63, 3.8) is 0 Å². The first kappa shape index (κ1) is 16.0. The fourth-order valence-electron chi connectivity index (χ4n) is 1.68. The molecule has 2 rings (SSSR count). The molecule has 0 bridgehead atoms. The van der Waals surface area contributed by atoms with Gasteiger partial charge in [0.2, 0.25) is 0 Å². The minimum absolute atomic E-state index is 0.232. The molecule has 0 spiro atoms. The fraction of sp³-hybridized carbons (Fsp3) is 0.267. The molecular formula is C15H16ClN3O3. The van der Waals surface area contributed by atoms with E-state index in [9.17, 15) is 4.79 Å². The molecule has 0 unspecified atom stereocenters. The standard InChI is InChI=1S/C15H16ClN3O3/c1-21-14(20)3-2-8-22-12-6-4-11(5-7-12)19-15-13(16)9-17-10-18-15/h4-7,9-10H,2-3,8H2,1H3,(H,17,18,19). The van der Waals surface area contributed by atoms with Crippen LogP contribution in [0.4, 0.5) is 11.5 Å². The lowest BCUT2D eigenvalue weighted by Gasteiger charge is -2.09. The van der Waals surface area contributed by atoms with Gasteiger partial charge in [-0.1, -0.05) is 11.6 Å². The van der Waals surface area contributed by atoms with Crippen molar-refractivity contribution >= 4 is 29.1 Å². The highest BCUT2D eigenvalue weighted by molar-refractivity contribution is 6.32. The molecule has 6 nitrogen and oxygen atoms in total. The summed E-state index contributed by atoms with van der Waals surface area (Å²) in [5.74, 6) is 1.04. The van der Waals surface area contributed by atoms with E-state index >= 15 is 0 Å². The highest BCUT2D eigenvalue weighted by atomic mass is 35.5. The van der Waals surface area contributed by atoms with E-state index in [2.05, 4.69) is 20.0 Å². The van der Waals surface area contributed by atoms with Gasteiger partial charge in [0.15, 0.2) is 5.82 Å². The molecule has 1 aromatic carbocycles. The summed E-state index contributed by atoms with van der Waals surface area (Å²) >= 11 is 5.98. The van der Waals surface area contributed by atoms with Crippen LogP contribution in [0.5, 0.6) is 5.75 Å². The van der Waals surface area contributed by atoms with Crippen LogP contribution in [0, 0.1) is 0 Å².